The van der Waals surface area contributed by atoms with Gasteiger partial charge >= 0.3 is 0 Å². The second kappa shape index (κ2) is 5.99. The molecule has 7 nitrogen and oxygen atoms in total. The van der Waals surface area contributed by atoms with Crippen LogP contribution in [0.4, 0.5) is 5.13 Å². The van der Waals surface area contributed by atoms with Crippen LogP contribution in [-0.4, -0.2) is 58.6 Å². The van der Waals surface area contributed by atoms with Crippen LogP contribution >= 0.6 is 11.3 Å². The zero-order chi connectivity index (χ0) is 18.0. The molecule has 4 aliphatic rings. The van der Waals surface area contributed by atoms with E-state index in [9.17, 15) is 9.59 Å². The summed E-state index contributed by atoms with van der Waals surface area (Å²) in [5.41, 5.74) is 0. The van der Waals surface area contributed by atoms with Crippen LogP contribution in [0.15, 0.2) is 0 Å². The number of carbonyl (C=O) groups is 2. The van der Waals surface area contributed by atoms with E-state index in [1.807, 2.05) is 0 Å². The van der Waals surface area contributed by atoms with E-state index in [4.69, 9.17) is 0 Å². The van der Waals surface area contributed by atoms with Gasteiger partial charge in [-0.2, -0.15) is 0 Å². The van der Waals surface area contributed by atoms with E-state index in [2.05, 4.69) is 34.3 Å². The third kappa shape index (κ3) is 2.34. The van der Waals surface area contributed by atoms with E-state index in [0.29, 0.717) is 47.9 Å². The lowest BCUT2D eigenvalue weighted by Crippen LogP contribution is -2.43. The van der Waals surface area contributed by atoms with Gasteiger partial charge in [0.05, 0.1) is 5.92 Å². The van der Waals surface area contributed by atoms with Gasteiger partial charge in [-0.05, 0) is 24.7 Å². The van der Waals surface area contributed by atoms with E-state index in [0.717, 1.165) is 30.9 Å². The van der Waals surface area contributed by atoms with Crippen molar-refractivity contribution in [3.05, 3.63) is 5.01 Å². The standard InChI is InChI=1S/C18H25N5O2S/c1-9(2)16-20-21-18(26-16)22-8-10(5-15(22)24)17(25)23-13-3-4-14(23)12-7-19-6-11(12)13/h9-14,19H,3-8H2,1-2H3/t10?,11-,12+,13-,14+. The van der Waals surface area contributed by atoms with Crippen molar-refractivity contribution >= 4 is 28.3 Å². The number of hydrogen-bond donors (Lipinski definition) is 1. The maximum absolute atomic E-state index is 13.3. The molecule has 0 saturated carbocycles. The molecule has 5 atom stereocenters. The lowest BCUT2D eigenvalue weighted by Gasteiger charge is -2.27. The third-order valence-corrected chi connectivity index (χ3v) is 7.90. The predicted octanol–water partition coefficient (Wildman–Crippen LogP) is 1.22. The molecule has 0 spiro atoms. The average molecular weight is 375 g/mol. The molecule has 1 aromatic heterocycles. The first-order valence-electron chi connectivity index (χ1n) is 9.71. The summed E-state index contributed by atoms with van der Waals surface area (Å²) in [6.07, 6.45) is 2.55. The number of carbonyl (C=O) groups excluding carboxylic acids is 2. The lowest BCUT2D eigenvalue weighted by molar-refractivity contribution is -0.137. The molecule has 140 valence electrons. The Bertz CT molecular complexity index is 732. The molecular weight excluding hydrogens is 350 g/mol. The Morgan fingerprint density at radius 1 is 1.19 bits per heavy atom. The molecule has 5 heterocycles. The highest BCUT2D eigenvalue weighted by Gasteiger charge is 2.57. The van der Waals surface area contributed by atoms with Gasteiger partial charge in [-0.15, -0.1) is 10.2 Å². The molecule has 26 heavy (non-hydrogen) atoms. The minimum atomic E-state index is -0.233. The number of amides is 2. The molecule has 4 fully saturated rings. The fourth-order valence-corrected chi connectivity index (χ4v) is 6.31. The molecule has 4 aliphatic heterocycles. The Balaban J connectivity index is 1.32. The van der Waals surface area contributed by atoms with Gasteiger partial charge in [0, 0.05) is 44.1 Å². The van der Waals surface area contributed by atoms with Crippen molar-refractivity contribution < 1.29 is 9.59 Å². The molecule has 0 aliphatic carbocycles. The topological polar surface area (TPSA) is 78.4 Å². The molecule has 1 N–H and O–H groups in total. The Morgan fingerprint density at radius 3 is 2.50 bits per heavy atom. The van der Waals surface area contributed by atoms with Gasteiger partial charge in [0.15, 0.2) is 0 Å². The molecule has 1 unspecified atom stereocenters. The highest BCUT2D eigenvalue weighted by atomic mass is 32.1. The summed E-state index contributed by atoms with van der Waals surface area (Å²) in [6.45, 7) is 6.66. The minimum absolute atomic E-state index is 0.00297. The van der Waals surface area contributed by atoms with E-state index in [1.165, 1.54) is 11.3 Å². The van der Waals surface area contributed by atoms with Crippen LogP contribution in [0, 0.1) is 17.8 Å². The van der Waals surface area contributed by atoms with Crippen LogP contribution < -0.4 is 10.2 Å². The molecule has 5 rings (SSSR count). The van der Waals surface area contributed by atoms with Crippen LogP contribution in [0.5, 0.6) is 0 Å². The second-order valence-corrected chi connectivity index (χ2v) is 9.41. The fraction of sp³-hybridized carbons (Fsp3) is 0.778. The highest BCUT2D eigenvalue weighted by Crippen LogP contribution is 2.48. The van der Waals surface area contributed by atoms with Crippen LogP contribution in [0.1, 0.15) is 44.0 Å². The van der Waals surface area contributed by atoms with Gasteiger partial charge in [0.1, 0.15) is 5.01 Å². The van der Waals surface area contributed by atoms with Crippen LogP contribution in [0.25, 0.3) is 0 Å². The van der Waals surface area contributed by atoms with Crippen LogP contribution in [0.2, 0.25) is 0 Å². The third-order valence-electron chi connectivity index (χ3n) is 6.65. The van der Waals surface area contributed by atoms with Crippen molar-refractivity contribution in [1.29, 1.82) is 0 Å². The Labute approximate surface area is 157 Å². The molecule has 0 aromatic carbocycles. The molecule has 4 saturated heterocycles. The zero-order valence-electron chi connectivity index (χ0n) is 15.2. The number of nitrogens with zero attached hydrogens (tertiary/aromatic N) is 4. The molecular formula is C18H25N5O2S. The summed E-state index contributed by atoms with van der Waals surface area (Å²) in [7, 11) is 0. The van der Waals surface area contributed by atoms with Crippen molar-refractivity contribution in [3.8, 4) is 0 Å². The molecule has 0 radical (unpaired) electrons. The van der Waals surface area contributed by atoms with Gasteiger partial charge < -0.3 is 10.2 Å². The summed E-state index contributed by atoms with van der Waals surface area (Å²) in [4.78, 5) is 29.6. The predicted molar refractivity (Wildman–Crippen MR) is 98.0 cm³/mol. The maximum Gasteiger partial charge on any atom is 0.229 e. The monoisotopic (exact) mass is 375 g/mol. The van der Waals surface area contributed by atoms with Gasteiger partial charge in [-0.3, -0.25) is 14.5 Å². The van der Waals surface area contributed by atoms with E-state index >= 15 is 0 Å². The summed E-state index contributed by atoms with van der Waals surface area (Å²) in [6, 6.07) is 0.761. The van der Waals surface area contributed by atoms with Gasteiger partial charge in [0.25, 0.3) is 0 Å². The number of anilines is 1. The minimum Gasteiger partial charge on any atom is -0.336 e. The SMILES string of the molecule is CC(C)c1nnc(N2CC(C(=O)N3[C@@H]4CC[C@H]3[C@H]3CNC[C@H]34)CC2=O)s1. The van der Waals surface area contributed by atoms with E-state index < -0.39 is 0 Å². The fourth-order valence-electron chi connectivity index (χ4n) is 5.43. The van der Waals surface area contributed by atoms with Gasteiger partial charge in [-0.1, -0.05) is 25.2 Å². The molecule has 1 aromatic rings. The molecule has 8 heteroatoms. The number of aromatic nitrogens is 2. The number of fused-ring (bicyclic) bond motifs is 5. The summed E-state index contributed by atoms with van der Waals surface area (Å²) < 4.78 is 0. The Kier molecular flexibility index (Phi) is 3.83. The first-order chi connectivity index (χ1) is 12.5. The second-order valence-electron chi connectivity index (χ2n) is 8.43. The largest absolute Gasteiger partial charge is 0.336 e. The van der Waals surface area contributed by atoms with Crippen LogP contribution in [0.3, 0.4) is 0 Å². The van der Waals surface area contributed by atoms with Gasteiger partial charge in [-0.25, -0.2) is 0 Å². The van der Waals surface area contributed by atoms with Gasteiger partial charge in [0.2, 0.25) is 16.9 Å². The van der Waals surface area contributed by atoms with E-state index in [1.54, 1.807) is 4.90 Å². The maximum atomic E-state index is 13.3. The summed E-state index contributed by atoms with van der Waals surface area (Å²) >= 11 is 1.46. The van der Waals surface area contributed by atoms with Crippen molar-refractivity contribution in [2.24, 2.45) is 17.8 Å². The van der Waals surface area contributed by atoms with Crippen molar-refractivity contribution in [2.75, 3.05) is 24.5 Å². The Hall–Kier alpha value is -1.54. The normalized spacial score (nSPS) is 35.8. The summed E-state index contributed by atoms with van der Waals surface area (Å²) in [5, 5.41) is 13.4. The quantitative estimate of drug-likeness (QED) is 0.860. The molecule has 2 bridgehead atoms. The van der Waals surface area contributed by atoms with E-state index in [-0.39, 0.29) is 17.7 Å². The average Bonchev–Trinajstić information content (AvgIpc) is 3.38. The van der Waals surface area contributed by atoms with Crippen LogP contribution in [-0.2, 0) is 9.59 Å². The number of nitrogens with one attached hydrogen (secondary N) is 1. The number of rotatable bonds is 3. The Morgan fingerprint density at radius 2 is 1.88 bits per heavy atom. The smallest absolute Gasteiger partial charge is 0.229 e. The number of hydrogen-bond acceptors (Lipinski definition) is 6. The lowest BCUT2D eigenvalue weighted by atomic mass is 9.82. The molecule has 2 amide bonds. The van der Waals surface area contributed by atoms with Crippen molar-refractivity contribution in [3.63, 3.8) is 0 Å². The van der Waals surface area contributed by atoms with Crippen molar-refractivity contribution in [2.45, 2.75) is 51.1 Å². The highest BCUT2D eigenvalue weighted by molar-refractivity contribution is 7.15. The zero-order valence-corrected chi connectivity index (χ0v) is 16.0. The summed E-state index contributed by atoms with van der Waals surface area (Å²) in [5.74, 6) is 1.48. The first kappa shape index (κ1) is 16.6. The van der Waals surface area contributed by atoms with Crippen molar-refractivity contribution in [1.82, 2.24) is 20.4 Å². The first-order valence-corrected chi connectivity index (χ1v) is 10.5.